The van der Waals surface area contributed by atoms with Gasteiger partial charge in [-0.3, -0.25) is 14.4 Å². The number of carboxylic acids is 1. The average Bonchev–Trinajstić information content (AvgIpc) is 2.78. The molecule has 0 atom stereocenters. The summed E-state index contributed by atoms with van der Waals surface area (Å²) in [4.78, 5) is 39.4. The molecule has 2 N–H and O–H groups in total. The Morgan fingerprint density at radius 1 is 1.32 bits per heavy atom. The molecule has 22 heavy (non-hydrogen) atoms. The molecule has 0 aliphatic rings. The van der Waals surface area contributed by atoms with Crippen molar-refractivity contribution >= 4 is 17.7 Å². The van der Waals surface area contributed by atoms with Gasteiger partial charge >= 0.3 is 5.97 Å². The summed E-state index contributed by atoms with van der Waals surface area (Å²) < 4.78 is 4.91. The predicted molar refractivity (Wildman–Crippen MR) is 80.3 cm³/mol. The van der Waals surface area contributed by atoms with Gasteiger partial charge < -0.3 is 19.7 Å². The minimum absolute atomic E-state index is 0.119. The highest BCUT2D eigenvalue weighted by Crippen LogP contribution is 2.21. The molecule has 122 valence electrons. The number of carbonyl (C=O) groups is 3. The number of ketones is 1. The Morgan fingerprint density at radius 3 is 2.41 bits per heavy atom. The van der Waals surface area contributed by atoms with Crippen LogP contribution in [0.5, 0.6) is 0 Å². The molecular weight excluding hydrogens is 288 g/mol. The molecule has 0 aliphatic carbocycles. The van der Waals surface area contributed by atoms with E-state index in [1.54, 1.807) is 6.92 Å². The number of carbonyl (C=O) groups excluding carboxylic acids is 2. The van der Waals surface area contributed by atoms with Crippen molar-refractivity contribution in [2.45, 2.75) is 27.2 Å². The second-order valence-corrected chi connectivity index (χ2v) is 5.00. The lowest BCUT2D eigenvalue weighted by Crippen LogP contribution is -2.38. The molecule has 0 radical (unpaired) electrons. The second kappa shape index (κ2) is 7.74. The maximum Gasteiger partial charge on any atom is 0.323 e. The van der Waals surface area contributed by atoms with Gasteiger partial charge in [0.2, 0.25) is 0 Å². The Labute approximate surface area is 129 Å². The molecule has 0 aliphatic heterocycles. The number of Topliss-reactive ketones (excluding diaryl/α,β-unsaturated/α-hetero) is 1. The molecule has 0 unspecified atom stereocenters. The van der Waals surface area contributed by atoms with Gasteiger partial charge in [0.05, 0.1) is 6.61 Å². The number of aliphatic carboxylic acids is 1. The van der Waals surface area contributed by atoms with E-state index < -0.39 is 18.4 Å². The summed E-state index contributed by atoms with van der Waals surface area (Å²) in [6.45, 7) is 5.01. The number of aromatic nitrogens is 1. The van der Waals surface area contributed by atoms with Gasteiger partial charge in [-0.15, -0.1) is 0 Å². The van der Waals surface area contributed by atoms with E-state index in [9.17, 15) is 14.4 Å². The minimum atomic E-state index is -1.10. The van der Waals surface area contributed by atoms with Gasteiger partial charge in [-0.1, -0.05) is 6.92 Å². The Hall–Kier alpha value is -2.15. The largest absolute Gasteiger partial charge is 0.480 e. The van der Waals surface area contributed by atoms with Crippen LogP contribution in [0.4, 0.5) is 0 Å². The van der Waals surface area contributed by atoms with Gasteiger partial charge in [0, 0.05) is 24.9 Å². The number of methoxy groups -OCH3 is 1. The lowest BCUT2D eigenvalue weighted by molar-refractivity contribution is -0.137. The predicted octanol–water partition coefficient (Wildman–Crippen LogP) is 1.26. The molecule has 7 nitrogen and oxygen atoms in total. The Kier molecular flexibility index (Phi) is 6.30. The smallest absolute Gasteiger partial charge is 0.323 e. The van der Waals surface area contributed by atoms with Crippen LogP contribution in [0.1, 0.15) is 46.0 Å². The van der Waals surface area contributed by atoms with Crippen molar-refractivity contribution < 1.29 is 24.2 Å². The Bertz CT molecular complexity index is 577. The molecule has 0 fully saturated rings. The van der Waals surface area contributed by atoms with E-state index in [-0.39, 0.29) is 24.6 Å². The first-order valence-corrected chi connectivity index (χ1v) is 7.05. The molecule has 1 amide bonds. The quantitative estimate of drug-likeness (QED) is 0.704. The number of hydrogen-bond donors (Lipinski definition) is 2. The number of aryl methyl sites for hydroxylation is 1. The van der Waals surface area contributed by atoms with Gasteiger partial charge in [-0.25, -0.2) is 0 Å². The standard InChI is InChI=1S/C15H22N2O5/c1-5-11-13(10(3)18)9(2)16-14(11)15(21)17(6-7-22-4)8-12(19)20/h16H,5-8H2,1-4H3,(H,19,20). The van der Waals surface area contributed by atoms with E-state index in [2.05, 4.69) is 4.98 Å². The maximum absolute atomic E-state index is 12.6. The molecule has 0 spiro atoms. The van der Waals surface area contributed by atoms with E-state index >= 15 is 0 Å². The van der Waals surface area contributed by atoms with Crippen molar-refractivity contribution in [3.63, 3.8) is 0 Å². The summed E-state index contributed by atoms with van der Waals surface area (Å²) >= 11 is 0. The number of carboxylic acid groups (broad SMARTS) is 1. The molecule has 1 aromatic rings. The molecular formula is C15H22N2O5. The fraction of sp³-hybridized carbons (Fsp3) is 0.533. The number of aromatic amines is 1. The van der Waals surface area contributed by atoms with Crippen molar-refractivity contribution in [2.75, 3.05) is 26.8 Å². The lowest BCUT2D eigenvalue weighted by Gasteiger charge is -2.20. The molecule has 7 heteroatoms. The van der Waals surface area contributed by atoms with E-state index in [1.165, 1.54) is 18.9 Å². The Morgan fingerprint density at radius 2 is 1.95 bits per heavy atom. The fourth-order valence-corrected chi connectivity index (χ4v) is 2.46. The van der Waals surface area contributed by atoms with Gasteiger partial charge in [0.25, 0.3) is 5.91 Å². The zero-order valence-electron chi connectivity index (χ0n) is 13.4. The highest BCUT2D eigenvalue weighted by Gasteiger charge is 2.26. The average molecular weight is 310 g/mol. The number of ether oxygens (including phenoxy) is 1. The van der Waals surface area contributed by atoms with Crippen molar-refractivity contribution in [3.05, 3.63) is 22.5 Å². The van der Waals surface area contributed by atoms with Crippen LogP contribution in [0, 0.1) is 6.92 Å². The first-order valence-electron chi connectivity index (χ1n) is 7.05. The lowest BCUT2D eigenvalue weighted by atomic mass is 10.0. The van der Waals surface area contributed by atoms with E-state index in [4.69, 9.17) is 9.84 Å². The highest BCUT2D eigenvalue weighted by atomic mass is 16.5. The maximum atomic E-state index is 12.6. The number of rotatable bonds is 8. The molecule has 1 heterocycles. The van der Waals surface area contributed by atoms with E-state index in [0.29, 0.717) is 23.2 Å². The number of nitrogens with zero attached hydrogens (tertiary/aromatic N) is 1. The zero-order chi connectivity index (χ0) is 16.9. The molecule has 0 bridgehead atoms. The van der Waals surface area contributed by atoms with Crippen LogP contribution in [0.15, 0.2) is 0 Å². The van der Waals surface area contributed by atoms with E-state index in [0.717, 1.165) is 0 Å². The first kappa shape index (κ1) is 17.9. The Balaban J connectivity index is 3.20. The van der Waals surface area contributed by atoms with Crippen LogP contribution in [0.25, 0.3) is 0 Å². The topological polar surface area (TPSA) is 99.7 Å². The van der Waals surface area contributed by atoms with Crippen LogP contribution in [0.3, 0.4) is 0 Å². The zero-order valence-corrected chi connectivity index (χ0v) is 13.4. The second-order valence-electron chi connectivity index (χ2n) is 5.00. The molecule has 0 aromatic carbocycles. The van der Waals surface area contributed by atoms with Crippen LogP contribution >= 0.6 is 0 Å². The van der Waals surface area contributed by atoms with Gasteiger partial charge in [0.15, 0.2) is 5.78 Å². The SMILES string of the molecule is CCc1c(C(=O)N(CCOC)CC(=O)O)[nH]c(C)c1C(C)=O. The van der Waals surface area contributed by atoms with Crippen LogP contribution in [-0.4, -0.2) is 59.5 Å². The number of H-pyrrole nitrogens is 1. The summed E-state index contributed by atoms with van der Waals surface area (Å²) in [5, 5.41) is 8.95. The van der Waals surface area contributed by atoms with Crippen molar-refractivity contribution in [2.24, 2.45) is 0 Å². The van der Waals surface area contributed by atoms with Crippen molar-refractivity contribution in [1.29, 1.82) is 0 Å². The molecule has 1 rings (SSSR count). The van der Waals surface area contributed by atoms with Gasteiger partial charge in [0.1, 0.15) is 12.2 Å². The summed E-state index contributed by atoms with van der Waals surface area (Å²) in [6, 6.07) is 0. The highest BCUT2D eigenvalue weighted by molar-refractivity contribution is 6.03. The summed E-state index contributed by atoms with van der Waals surface area (Å²) in [5.74, 6) is -1.66. The van der Waals surface area contributed by atoms with Crippen LogP contribution in [-0.2, 0) is 16.0 Å². The van der Waals surface area contributed by atoms with Gasteiger partial charge in [-0.05, 0) is 25.8 Å². The summed E-state index contributed by atoms with van der Waals surface area (Å²) in [7, 11) is 1.48. The third-order valence-electron chi connectivity index (χ3n) is 3.39. The summed E-state index contributed by atoms with van der Waals surface area (Å²) in [6.07, 6.45) is 0.505. The van der Waals surface area contributed by atoms with Crippen LogP contribution < -0.4 is 0 Å². The van der Waals surface area contributed by atoms with Crippen molar-refractivity contribution in [3.8, 4) is 0 Å². The van der Waals surface area contributed by atoms with Gasteiger partial charge in [-0.2, -0.15) is 0 Å². The normalized spacial score (nSPS) is 10.5. The summed E-state index contributed by atoms with van der Waals surface area (Å²) in [5.41, 5.74) is 2.04. The monoisotopic (exact) mass is 310 g/mol. The van der Waals surface area contributed by atoms with Crippen molar-refractivity contribution in [1.82, 2.24) is 9.88 Å². The van der Waals surface area contributed by atoms with Crippen LogP contribution in [0.2, 0.25) is 0 Å². The number of nitrogens with one attached hydrogen (secondary N) is 1. The number of hydrogen-bond acceptors (Lipinski definition) is 4. The molecule has 1 aromatic heterocycles. The molecule has 0 saturated carbocycles. The molecule has 0 saturated heterocycles. The third kappa shape index (κ3) is 3.94. The minimum Gasteiger partial charge on any atom is -0.480 e. The third-order valence-corrected chi connectivity index (χ3v) is 3.39. The first-order chi connectivity index (χ1) is 10.3. The van der Waals surface area contributed by atoms with E-state index in [1.807, 2.05) is 6.92 Å². The fourth-order valence-electron chi connectivity index (χ4n) is 2.46. The number of amides is 1.